The van der Waals surface area contributed by atoms with Gasteiger partial charge in [0.25, 0.3) is 0 Å². The topological polar surface area (TPSA) is 29.9 Å². The molecule has 1 aromatic rings. The highest BCUT2D eigenvalue weighted by molar-refractivity contribution is 6.22. The Morgan fingerprint density at radius 2 is 2.54 bits per heavy atom. The molecule has 1 unspecified atom stereocenters. The van der Waals surface area contributed by atoms with Gasteiger partial charge in [-0.15, -0.1) is 11.6 Å². The maximum absolute atomic E-state index is 6.00. The number of nitrogens with zero attached hydrogens (tertiary/aromatic N) is 2. The van der Waals surface area contributed by atoms with E-state index < -0.39 is 0 Å². The van der Waals surface area contributed by atoms with Crippen molar-refractivity contribution >= 4 is 17.2 Å². The fourth-order valence-electron chi connectivity index (χ4n) is 1.51. The Morgan fingerprint density at radius 1 is 1.69 bits per heavy atom. The molecule has 0 radical (unpaired) electrons. The monoisotopic (exact) mass is 197 g/mol. The zero-order valence-electron chi connectivity index (χ0n) is 7.50. The van der Waals surface area contributed by atoms with Gasteiger partial charge < -0.3 is 9.88 Å². The van der Waals surface area contributed by atoms with Crippen molar-refractivity contribution in [1.82, 2.24) is 14.9 Å². The number of rotatable bonds is 1. The molecule has 0 amide bonds. The second-order valence-electron chi connectivity index (χ2n) is 3.20. The third-order valence-corrected chi connectivity index (χ3v) is 2.43. The van der Waals surface area contributed by atoms with Gasteiger partial charge in [-0.25, -0.2) is 4.98 Å². The predicted octanol–water partition coefficient (Wildman–Crippen LogP) is 1.01. The zero-order chi connectivity index (χ0) is 9.26. The molecule has 3 nitrogen and oxygen atoms in total. The van der Waals surface area contributed by atoms with E-state index in [1.807, 2.05) is 17.8 Å². The molecule has 2 heterocycles. The molecule has 0 fully saturated rings. The van der Waals surface area contributed by atoms with Crippen LogP contribution in [0.4, 0.5) is 0 Å². The van der Waals surface area contributed by atoms with E-state index in [-0.39, 0.29) is 5.38 Å². The number of hydrogen-bond donors (Lipinski definition) is 1. The molecule has 2 rings (SSSR count). The molecular formula is C9H12ClN3. The smallest absolute Gasteiger partial charge is 0.136 e. The molecule has 0 saturated carbocycles. The van der Waals surface area contributed by atoms with Crippen molar-refractivity contribution in [2.24, 2.45) is 7.05 Å². The summed E-state index contributed by atoms with van der Waals surface area (Å²) < 4.78 is 2.00. The lowest BCUT2D eigenvalue weighted by Gasteiger charge is -2.17. The Balaban J connectivity index is 2.30. The summed E-state index contributed by atoms with van der Waals surface area (Å²) >= 11 is 6.00. The summed E-state index contributed by atoms with van der Waals surface area (Å²) in [4.78, 5) is 4.27. The van der Waals surface area contributed by atoms with Gasteiger partial charge in [0.05, 0.1) is 5.38 Å². The minimum atomic E-state index is 0.0837. The van der Waals surface area contributed by atoms with Crippen LogP contribution in [-0.4, -0.2) is 28.0 Å². The van der Waals surface area contributed by atoms with Crippen LogP contribution in [0.5, 0.6) is 0 Å². The second-order valence-corrected chi connectivity index (χ2v) is 3.76. The first-order chi connectivity index (χ1) is 6.27. The summed E-state index contributed by atoms with van der Waals surface area (Å²) in [5.41, 5.74) is 1.18. The van der Waals surface area contributed by atoms with Crippen molar-refractivity contribution < 1.29 is 0 Å². The Labute approximate surface area is 82.4 Å². The predicted molar refractivity (Wildman–Crippen MR) is 53.7 cm³/mol. The van der Waals surface area contributed by atoms with Gasteiger partial charge in [-0.05, 0) is 0 Å². The van der Waals surface area contributed by atoms with Gasteiger partial charge in [-0.3, -0.25) is 0 Å². The van der Waals surface area contributed by atoms with Crippen LogP contribution in [0.25, 0.3) is 5.57 Å². The van der Waals surface area contributed by atoms with E-state index in [2.05, 4.69) is 16.4 Å². The molecule has 1 aliphatic rings. The molecule has 0 bridgehead atoms. The van der Waals surface area contributed by atoms with Gasteiger partial charge in [0, 0.05) is 38.1 Å². The van der Waals surface area contributed by atoms with Crippen molar-refractivity contribution in [3.63, 3.8) is 0 Å². The number of hydrogen-bond acceptors (Lipinski definition) is 2. The van der Waals surface area contributed by atoms with Crippen molar-refractivity contribution in [1.29, 1.82) is 0 Å². The average molecular weight is 198 g/mol. The van der Waals surface area contributed by atoms with E-state index in [4.69, 9.17) is 11.6 Å². The number of nitrogens with one attached hydrogen (secondary N) is 1. The largest absolute Gasteiger partial charge is 0.334 e. The first-order valence-corrected chi connectivity index (χ1v) is 4.74. The second kappa shape index (κ2) is 3.52. The number of imidazole rings is 1. The Bertz CT molecular complexity index is 329. The van der Waals surface area contributed by atoms with Crippen molar-refractivity contribution in [3.05, 3.63) is 24.3 Å². The quantitative estimate of drug-likeness (QED) is 0.682. The lowest BCUT2D eigenvalue weighted by Crippen LogP contribution is -2.29. The lowest BCUT2D eigenvalue weighted by molar-refractivity contribution is 0.733. The zero-order valence-corrected chi connectivity index (χ0v) is 8.25. The lowest BCUT2D eigenvalue weighted by atomic mass is 10.1. The third kappa shape index (κ3) is 1.76. The fourth-order valence-corrected chi connectivity index (χ4v) is 1.77. The minimum Gasteiger partial charge on any atom is -0.334 e. The van der Waals surface area contributed by atoms with Crippen LogP contribution in [-0.2, 0) is 7.05 Å². The van der Waals surface area contributed by atoms with Gasteiger partial charge in [0.15, 0.2) is 0 Å². The van der Waals surface area contributed by atoms with E-state index in [9.17, 15) is 0 Å². The highest BCUT2D eigenvalue weighted by Crippen LogP contribution is 2.16. The summed E-state index contributed by atoms with van der Waals surface area (Å²) in [7, 11) is 1.99. The van der Waals surface area contributed by atoms with Crippen molar-refractivity contribution in [3.8, 4) is 0 Å². The van der Waals surface area contributed by atoms with E-state index in [0.29, 0.717) is 0 Å². The van der Waals surface area contributed by atoms with Gasteiger partial charge in [0.1, 0.15) is 5.82 Å². The maximum atomic E-state index is 6.00. The summed E-state index contributed by atoms with van der Waals surface area (Å²) in [5, 5.41) is 3.33. The van der Waals surface area contributed by atoms with E-state index >= 15 is 0 Å². The number of aromatic nitrogens is 2. The Hall–Kier alpha value is -0.800. The molecular weight excluding hydrogens is 186 g/mol. The van der Waals surface area contributed by atoms with E-state index in [1.165, 1.54) is 5.57 Å². The first kappa shape index (κ1) is 8.78. The summed E-state index contributed by atoms with van der Waals surface area (Å²) in [5.74, 6) is 0.998. The van der Waals surface area contributed by atoms with Gasteiger partial charge in [-0.2, -0.15) is 0 Å². The van der Waals surface area contributed by atoms with E-state index in [0.717, 1.165) is 18.9 Å². The Kier molecular flexibility index (Phi) is 2.38. The first-order valence-electron chi connectivity index (χ1n) is 4.30. The molecule has 13 heavy (non-hydrogen) atoms. The molecule has 0 spiro atoms. The molecule has 70 valence electrons. The molecule has 1 aromatic heterocycles. The third-order valence-electron chi connectivity index (χ3n) is 2.15. The molecule has 1 atom stereocenters. The van der Waals surface area contributed by atoms with Crippen LogP contribution >= 0.6 is 11.6 Å². The molecule has 0 saturated heterocycles. The van der Waals surface area contributed by atoms with E-state index in [1.54, 1.807) is 6.20 Å². The van der Waals surface area contributed by atoms with Crippen LogP contribution in [0.3, 0.4) is 0 Å². The average Bonchev–Trinajstić information content (AvgIpc) is 2.51. The van der Waals surface area contributed by atoms with Crippen molar-refractivity contribution in [2.45, 2.75) is 5.38 Å². The molecule has 4 heteroatoms. The van der Waals surface area contributed by atoms with Crippen LogP contribution in [0.2, 0.25) is 0 Å². The van der Waals surface area contributed by atoms with Crippen LogP contribution in [0.1, 0.15) is 5.82 Å². The van der Waals surface area contributed by atoms with Crippen LogP contribution in [0, 0.1) is 0 Å². The number of halogens is 1. The number of aryl methyl sites for hydroxylation is 1. The fraction of sp³-hybridized carbons (Fsp3) is 0.444. The molecule has 0 aliphatic carbocycles. The van der Waals surface area contributed by atoms with Crippen LogP contribution < -0.4 is 5.32 Å². The van der Waals surface area contributed by atoms with Crippen LogP contribution in [0.15, 0.2) is 18.5 Å². The summed E-state index contributed by atoms with van der Waals surface area (Å²) in [6.45, 7) is 1.70. The van der Waals surface area contributed by atoms with Gasteiger partial charge in [0.2, 0.25) is 0 Å². The normalized spacial score (nSPS) is 22.9. The van der Waals surface area contributed by atoms with Gasteiger partial charge >= 0.3 is 0 Å². The highest BCUT2D eigenvalue weighted by atomic mass is 35.5. The molecule has 0 aromatic carbocycles. The molecule has 1 N–H and O–H groups in total. The number of alkyl halides is 1. The standard InChI is InChI=1S/C9H12ClN3/c1-13-3-2-12-9(13)7-4-8(10)6-11-5-7/h2-4,8,11H,5-6H2,1H3. The summed E-state index contributed by atoms with van der Waals surface area (Å²) in [6.07, 6.45) is 5.81. The Morgan fingerprint density at radius 3 is 3.15 bits per heavy atom. The molecule has 1 aliphatic heterocycles. The van der Waals surface area contributed by atoms with Gasteiger partial charge in [-0.1, -0.05) is 6.08 Å². The maximum Gasteiger partial charge on any atom is 0.136 e. The minimum absolute atomic E-state index is 0.0837. The highest BCUT2D eigenvalue weighted by Gasteiger charge is 2.14. The van der Waals surface area contributed by atoms with Crippen molar-refractivity contribution in [2.75, 3.05) is 13.1 Å². The summed E-state index contributed by atoms with van der Waals surface area (Å²) in [6, 6.07) is 0. The SMILES string of the molecule is Cn1ccnc1C1=CC(Cl)CNC1.